The maximum absolute atomic E-state index is 12.5. The Morgan fingerprint density at radius 1 is 0.893 bits per heavy atom. The van der Waals surface area contributed by atoms with E-state index in [4.69, 9.17) is 9.47 Å². The summed E-state index contributed by atoms with van der Waals surface area (Å²) in [6, 6.07) is 19.9. The van der Waals surface area contributed by atoms with E-state index in [1.54, 1.807) is 30.3 Å². The largest absolute Gasteiger partial charge is 0.465 e. The molecular formula is C23H18O4S. The van der Waals surface area contributed by atoms with Crippen LogP contribution in [0.15, 0.2) is 89.1 Å². The van der Waals surface area contributed by atoms with Crippen LogP contribution in [-0.2, 0) is 14.3 Å². The molecule has 0 aliphatic rings. The third-order valence-corrected chi connectivity index (χ3v) is 4.53. The molecule has 28 heavy (non-hydrogen) atoms. The first-order valence-electron chi connectivity index (χ1n) is 8.54. The highest BCUT2D eigenvalue weighted by molar-refractivity contribution is 7.08. The molecule has 0 radical (unpaired) electrons. The molecule has 0 aliphatic carbocycles. The minimum absolute atomic E-state index is 0.274. The molecule has 1 aromatic heterocycles. The van der Waals surface area contributed by atoms with E-state index in [0.717, 1.165) is 5.56 Å². The zero-order chi connectivity index (χ0) is 19.8. The van der Waals surface area contributed by atoms with E-state index in [9.17, 15) is 9.59 Å². The molecule has 0 amide bonds. The van der Waals surface area contributed by atoms with Gasteiger partial charge in [0, 0.05) is 10.9 Å². The van der Waals surface area contributed by atoms with Crippen molar-refractivity contribution in [2.24, 2.45) is 0 Å². The van der Waals surface area contributed by atoms with Crippen LogP contribution in [0, 0.1) is 0 Å². The van der Waals surface area contributed by atoms with Crippen molar-refractivity contribution in [3.63, 3.8) is 0 Å². The summed E-state index contributed by atoms with van der Waals surface area (Å²) in [5.41, 5.74) is 2.24. The van der Waals surface area contributed by atoms with Gasteiger partial charge in [-0.3, -0.25) is 0 Å². The molecule has 0 bridgehead atoms. The topological polar surface area (TPSA) is 52.6 Å². The van der Waals surface area contributed by atoms with Crippen molar-refractivity contribution in [3.8, 4) is 0 Å². The fraction of sp³-hybridized carbons (Fsp3) is 0.0435. The summed E-state index contributed by atoms with van der Waals surface area (Å²) in [6.07, 6.45) is 3.22. The second-order valence-corrected chi connectivity index (χ2v) is 6.56. The van der Waals surface area contributed by atoms with Crippen LogP contribution in [0.4, 0.5) is 0 Å². The molecule has 0 aliphatic heterocycles. The summed E-state index contributed by atoms with van der Waals surface area (Å²) < 4.78 is 10.5. The van der Waals surface area contributed by atoms with E-state index in [1.807, 2.05) is 53.2 Å². The van der Waals surface area contributed by atoms with Crippen LogP contribution in [0.5, 0.6) is 0 Å². The first-order valence-corrected chi connectivity index (χ1v) is 9.48. The lowest BCUT2D eigenvalue weighted by Crippen LogP contribution is -2.07. The number of carbonyl (C=O) groups excluding carboxylic acids is 2. The van der Waals surface area contributed by atoms with Crippen LogP contribution in [0.3, 0.4) is 0 Å². The molecule has 0 saturated heterocycles. The fourth-order valence-electron chi connectivity index (χ4n) is 2.46. The van der Waals surface area contributed by atoms with Crippen molar-refractivity contribution in [1.82, 2.24) is 0 Å². The van der Waals surface area contributed by atoms with E-state index in [2.05, 4.69) is 0 Å². The maximum atomic E-state index is 12.5. The standard InChI is InChI=1S/C23H18O4S/c1-26-22(24)20(14-17-8-4-2-5-9-17)15-21(19-12-13-28-16-19)27-23(25)18-10-6-3-7-11-18/h2-16H,1H3/b20-14-,21-15-. The number of hydrogen-bond donors (Lipinski definition) is 0. The molecule has 3 aromatic rings. The average Bonchev–Trinajstić information content (AvgIpc) is 3.28. The third-order valence-electron chi connectivity index (χ3n) is 3.85. The molecule has 4 nitrogen and oxygen atoms in total. The van der Waals surface area contributed by atoms with Crippen LogP contribution >= 0.6 is 11.3 Å². The fourth-order valence-corrected chi connectivity index (χ4v) is 3.10. The summed E-state index contributed by atoms with van der Waals surface area (Å²) in [5.74, 6) is -0.739. The number of thiophene rings is 1. The summed E-state index contributed by atoms with van der Waals surface area (Å²) >= 11 is 1.47. The van der Waals surface area contributed by atoms with E-state index < -0.39 is 11.9 Å². The molecule has 0 unspecified atom stereocenters. The Hall–Kier alpha value is -3.44. The van der Waals surface area contributed by atoms with Gasteiger partial charge in [-0.2, -0.15) is 11.3 Å². The zero-order valence-electron chi connectivity index (χ0n) is 15.2. The van der Waals surface area contributed by atoms with E-state index in [1.165, 1.54) is 24.5 Å². The van der Waals surface area contributed by atoms with Crippen molar-refractivity contribution in [2.75, 3.05) is 7.11 Å². The normalized spacial score (nSPS) is 11.8. The Kier molecular flexibility index (Phi) is 6.54. The van der Waals surface area contributed by atoms with Crippen LogP contribution in [0.25, 0.3) is 11.8 Å². The van der Waals surface area contributed by atoms with Gasteiger partial charge in [-0.05, 0) is 41.3 Å². The van der Waals surface area contributed by atoms with Crippen LogP contribution in [-0.4, -0.2) is 19.0 Å². The summed E-state index contributed by atoms with van der Waals surface area (Å²) in [5, 5.41) is 3.72. The number of methoxy groups -OCH3 is 1. The summed E-state index contributed by atoms with van der Waals surface area (Å²) in [4.78, 5) is 24.8. The Labute approximate surface area is 167 Å². The van der Waals surface area contributed by atoms with E-state index in [0.29, 0.717) is 11.1 Å². The van der Waals surface area contributed by atoms with Gasteiger partial charge in [0.25, 0.3) is 0 Å². The zero-order valence-corrected chi connectivity index (χ0v) is 16.0. The molecule has 0 fully saturated rings. The Balaban J connectivity index is 2.00. The monoisotopic (exact) mass is 390 g/mol. The molecule has 2 aromatic carbocycles. The second kappa shape index (κ2) is 9.48. The number of rotatable bonds is 6. The van der Waals surface area contributed by atoms with Crippen molar-refractivity contribution in [1.29, 1.82) is 0 Å². The van der Waals surface area contributed by atoms with Crippen LogP contribution < -0.4 is 0 Å². The number of hydrogen-bond acceptors (Lipinski definition) is 5. The Bertz CT molecular complexity index is 988. The minimum Gasteiger partial charge on any atom is -0.465 e. The molecule has 0 spiro atoms. The molecule has 0 atom stereocenters. The van der Waals surface area contributed by atoms with Gasteiger partial charge in [0.2, 0.25) is 0 Å². The molecule has 140 valence electrons. The van der Waals surface area contributed by atoms with Gasteiger partial charge in [0.1, 0.15) is 5.76 Å². The molecule has 0 saturated carbocycles. The smallest absolute Gasteiger partial charge is 0.343 e. The predicted octanol–water partition coefficient (Wildman–Crippen LogP) is 5.20. The minimum atomic E-state index is -0.521. The summed E-state index contributed by atoms with van der Waals surface area (Å²) in [6.45, 7) is 0. The first-order chi connectivity index (χ1) is 13.7. The number of esters is 2. The average molecular weight is 390 g/mol. The van der Waals surface area contributed by atoms with Gasteiger partial charge < -0.3 is 9.47 Å². The molecule has 1 heterocycles. The van der Waals surface area contributed by atoms with Crippen molar-refractivity contribution >= 4 is 35.1 Å². The van der Waals surface area contributed by atoms with Gasteiger partial charge in [0.05, 0.1) is 18.2 Å². The number of carbonyl (C=O) groups is 2. The molecule has 3 rings (SSSR count). The highest BCUT2D eigenvalue weighted by atomic mass is 32.1. The molecule has 5 heteroatoms. The lowest BCUT2D eigenvalue weighted by Gasteiger charge is -2.09. The van der Waals surface area contributed by atoms with Gasteiger partial charge in [0.15, 0.2) is 0 Å². The van der Waals surface area contributed by atoms with E-state index in [-0.39, 0.29) is 11.3 Å². The summed E-state index contributed by atoms with van der Waals surface area (Å²) in [7, 11) is 1.31. The number of ether oxygens (including phenoxy) is 2. The van der Waals surface area contributed by atoms with E-state index >= 15 is 0 Å². The SMILES string of the molecule is COC(=O)C(=C\c1ccccc1)/C=C(\OC(=O)c1ccccc1)c1ccsc1. The highest BCUT2D eigenvalue weighted by Crippen LogP contribution is 2.24. The Morgan fingerprint density at radius 3 is 2.18 bits per heavy atom. The van der Waals surface area contributed by atoms with Crippen molar-refractivity contribution < 1.29 is 19.1 Å². The van der Waals surface area contributed by atoms with Gasteiger partial charge in [-0.1, -0.05) is 48.5 Å². The first kappa shape index (κ1) is 19.3. The Morgan fingerprint density at radius 2 is 1.57 bits per heavy atom. The second-order valence-electron chi connectivity index (χ2n) is 5.78. The lowest BCUT2D eigenvalue weighted by atomic mass is 10.1. The maximum Gasteiger partial charge on any atom is 0.343 e. The highest BCUT2D eigenvalue weighted by Gasteiger charge is 2.16. The van der Waals surface area contributed by atoms with Gasteiger partial charge in [-0.25, -0.2) is 9.59 Å². The number of benzene rings is 2. The van der Waals surface area contributed by atoms with Gasteiger partial charge in [-0.15, -0.1) is 0 Å². The quantitative estimate of drug-likeness (QED) is 0.251. The van der Waals surface area contributed by atoms with Crippen LogP contribution in [0.2, 0.25) is 0 Å². The van der Waals surface area contributed by atoms with Crippen LogP contribution in [0.1, 0.15) is 21.5 Å². The predicted molar refractivity (Wildman–Crippen MR) is 111 cm³/mol. The molecule has 0 N–H and O–H groups in total. The van der Waals surface area contributed by atoms with Gasteiger partial charge >= 0.3 is 11.9 Å². The molecular weight excluding hydrogens is 372 g/mol. The lowest BCUT2D eigenvalue weighted by molar-refractivity contribution is -0.135. The van der Waals surface area contributed by atoms with Crippen molar-refractivity contribution in [2.45, 2.75) is 0 Å². The van der Waals surface area contributed by atoms with Crippen molar-refractivity contribution in [3.05, 3.63) is 106 Å². The third kappa shape index (κ3) is 5.05.